The van der Waals surface area contributed by atoms with Crippen LogP contribution < -0.4 is 15.0 Å². The second kappa shape index (κ2) is 15.1. The quantitative estimate of drug-likeness (QED) is 0.0953. The summed E-state index contributed by atoms with van der Waals surface area (Å²) in [6.45, 7) is 0.560. The van der Waals surface area contributed by atoms with Gasteiger partial charge < -0.3 is 18.8 Å². The molecule has 5 rings (SSSR count). The monoisotopic (exact) mass is 647 g/mol. The Labute approximate surface area is 269 Å². The fraction of sp³-hybridized carbons (Fsp3) is 0.229. The molecule has 7 nitrogen and oxygen atoms in total. The molecule has 1 unspecified atom stereocenters. The molecule has 5 aromatic rings. The van der Waals surface area contributed by atoms with Crippen LogP contribution in [0.15, 0.2) is 113 Å². The molecule has 238 valence electrons. The van der Waals surface area contributed by atoms with Crippen LogP contribution in [0.1, 0.15) is 34.9 Å². The van der Waals surface area contributed by atoms with E-state index >= 15 is 0 Å². The van der Waals surface area contributed by atoms with Gasteiger partial charge in [0.1, 0.15) is 5.69 Å². The van der Waals surface area contributed by atoms with Gasteiger partial charge in [0.25, 0.3) is 5.56 Å². The Morgan fingerprint density at radius 2 is 1.54 bits per heavy atom. The van der Waals surface area contributed by atoms with Crippen LogP contribution in [0.5, 0.6) is 11.5 Å². The molecule has 11 heteroatoms. The van der Waals surface area contributed by atoms with Crippen molar-refractivity contribution in [1.82, 2.24) is 14.5 Å². The Kier molecular flexibility index (Phi) is 10.8. The van der Waals surface area contributed by atoms with Crippen LogP contribution in [0.3, 0.4) is 0 Å². The van der Waals surface area contributed by atoms with Crippen molar-refractivity contribution in [1.29, 1.82) is 0 Å². The lowest BCUT2D eigenvalue weighted by Gasteiger charge is -2.18. The number of pyridine rings is 1. The minimum Gasteiger partial charge on any atom is -0.493 e. The maximum atomic E-state index is 14.0. The van der Waals surface area contributed by atoms with Gasteiger partial charge >= 0.3 is 6.18 Å². The van der Waals surface area contributed by atoms with E-state index in [9.17, 15) is 18.0 Å². The molecule has 0 spiro atoms. The molecule has 0 saturated heterocycles. The standard InChI is InChI=1S/C35H32F3N3O4S/c1-43-30-15-13-25(19-31(30)44-2)21-41-22-27(14-16-33(41)42)28-20-32(35(36,37)38)40-34(39-28)46-18-17-29(26-11-7-4-8-12-26)45-23-24-9-5-3-6-10-24/h3-16,19-20,22,29H,17-18,21,23H2,1-2H3. The first-order valence-electron chi connectivity index (χ1n) is 14.4. The zero-order valence-corrected chi connectivity index (χ0v) is 26.1. The third-order valence-corrected chi connectivity index (χ3v) is 8.03. The number of hydrogen-bond donors (Lipinski definition) is 0. The van der Waals surface area contributed by atoms with Gasteiger partial charge in [-0.3, -0.25) is 4.79 Å². The first-order chi connectivity index (χ1) is 22.2. The van der Waals surface area contributed by atoms with Gasteiger partial charge in [-0.2, -0.15) is 13.2 Å². The molecule has 1 atom stereocenters. The molecule has 2 aromatic heterocycles. The number of benzene rings is 3. The summed E-state index contributed by atoms with van der Waals surface area (Å²) in [5, 5.41) is -0.0164. The fourth-order valence-electron chi connectivity index (χ4n) is 4.81. The smallest absolute Gasteiger partial charge is 0.433 e. The predicted octanol–water partition coefficient (Wildman–Crippen LogP) is 7.83. The predicted molar refractivity (Wildman–Crippen MR) is 171 cm³/mol. The summed E-state index contributed by atoms with van der Waals surface area (Å²) in [5.41, 5.74) is 1.78. The summed E-state index contributed by atoms with van der Waals surface area (Å²) < 4.78 is 60.2. The van der Waals surface area contributed by atoms with Crippen molar-refractivity contribution < 1.29 is 27.4 Å². The number of halogens is 3. The molecule has 2 heterocycles. The molecule has 0 radical (unpaired) electrons. The number of methoxy groups -OCH3 is 2. The largest absolute Gasteiger partial charge is 0.493 e. The maximum Gasteiger partial charge on any atom is 0.433 e. The second-order valence-electron chi connectivity index (χ2n) is 10.3. The maximum absolute atomic E-state index is 14.0. The molecule has 0 fully saturated rings. The van der Waals surface area contributed by atoms with E-state index in [2.05, 4.69) is 9.97 Å². The van der Waals surface area contributed by atoms with E-state index in [1.165, 1.54) is 37.1 Å². The van der Waals surface area contributed by atoms with E-state index in [1.54, 1.807) is 18.2 Å². The molecule has 0 N–H and O–H groups in total. The van der Waals surface area contributed by atoms with Crippen LogP contribution in [0.4, 0.5) is 13.2 Å². The van der Waals surface area contributed by atoms with E-state index in [4.69, 9.17) is 14.2 Å². The number of rotatable bonds is 13. The summed E-state index contributed by atoms with van der Waals surface area (Å²) >= 11 is 1.13. The lowest BCUT2D eigenvalue weighted by Crippen LogP contribution is -2.19. The van der Waals surface area contributed by atoms with Crippen molar-refractivity contribution >= 4 is 11.8 Å². The van der Waals surface area contributed by atoms with Crippen molar-refractivity contribution in [3.05, 3.63) is 136 Å². The molecular formula is C35H32F3N3O4S. The lowest BCUT2D eigenvalue weighted by molar-refractivity contribution is -0.141. The van der Waals surface area contributed by atoms with E-state index in [0.717, 1.165) is 34.5 Å². The topological polar surface area (TPSA) is 75.5 Å². The third-order valence-electron chi connectivity index (χ3n) is 7.15. The van der Waals surface area contributed by atoms with Gasteiger partial charge in [-0.1, -0.05) is 78.5 Å². The minimum atomic E-state index is -4.69. The molecule has 0 aliphatic heterocycles. The number of ether oxygens (including phenoxy) is 3. The van der Waals surface area contributed by atoms with Crippen molar-refractivity contribution in [3.63, 3.8) is 0 Å². The summed E-state index contributed by atoms with van der Waals surface area (Å²) in [4.78, 5) is 21.0. The third kappa shape index (κ3) is 8.55. The van der Waals surface area contributed by atoms with Gasteiger partial charge in [0.15, 0.2) is 16.7 Å². The Bertz CT molecular complexity index is 1800. The van der Waals surface area contributed by atoms with Crippen LogP contribution in [0, 0.1) is 0 Å². The minimum absolute atomic E-state index is 0.0164. The summed E-state index contributed by atoms with van der Waals surface area (Å²) in [6, 6.07) is 28.4. The molecule has 0 saturated carbocycles. The molecule has 3 aromatic carbocycles. The molecule has 0 aliphatic rings. The summed E-state index contributed by atoms with van der Waals surface area (Å²) in [5.74, 6) is 1.45. The van der Waals surface area contributed by atoms with E-state index < -0.39 is 11.9 Å². The zero-order chi connectivity index (χ0) is 32.5. The Morgan fingerprint density at radius 3 is 2.24 bits per heavy atom. The van der Waals surface area contributed by atoms with Crippen molar-refractivity contribution in [2.24, 2.45) is 0 Å². The molecule has 0 bridgehead atoms. The average Bonchev–Trinajstić information content (AvgIpc) is 3.07. The molecule has 0 amide bonds. The highest BCUT2D eigenvalue weighted by molar-refractivity contribution is 7.99. The number of hydrogen-bond acceptors (Lipinski definition) is 7. The van der Waals surface area contributed by atoms with Gasteiger partial charge in [-0.05, 0) is 47.4 Å². The van der Waals surface area contributed by atoms with Gasteiger partial charge in [0.2, 0.25) is 0 Å². The zero-order valence-electron chi connectivity index (χ0n) is 25.2. The highest BCUT2D eigenvalue weighted by Crippen LogP contribution is 2.33. The van der Waals surface area contributed by atoms with Gasteiger partial charge in [-0.15, -0.1) is 0 Å². The Balaban J connectivity index is 1.37. The SMILES string of the molecule is COc1ccc(Cn2cc(-c3cc(C(F)(F)F)nc(SCCC(OCc4ccccc4)c4ccccc4)n3)ccc2=O)cc1OC. The highest BCUT2D eigenvalue weighted by Gasteiger charge is 2.34. The van der Waals surface area contributed by atoms with Gasteiger partial charge in [-0.25, -0.2) is 9.97 Å². The number of thioether (sulfide) groups is 1. The average molecular weight is 648 g/mol. The van der Waals surface area contributed by atoms with Crippen molar-refractivity contribution in [2.45, 2.75) is 37.0 Å². The normalized spacial score (nSPS) is 12.1. The van der Waals surface area contributed by atoms with Gasteiger partial charge in [0.05, 0.1) is 39.2 Å². The number of alkyl halides is 3. The number of aromatic nitrogens is 3. The second-order valence-corrected chi connectivity index (χ2v) is 11.4. The molecular weight excluding hydrogens is 615 g/mol. The van der Waals surface area contributed by atoms with Crippen LogP contribution in [-0.4, -0.2) is 34.5 Å². The first-order valence-corrected chi connectivity index (χ1v) is 15.4. The van der Waals surface area contributed by atoms with Crippen LogP contribution >= 0.6 is 11.8 Å². The summed E-state index contributed by atoms with van der Waals surface area (Å²) in [7, 11) is 3.04. The van der Waals surface area contributed by atoms with Crippen LogP contribution in [-0.2, 0) is 24.1 Å². The fourth-order valence-corrected chi connectivity index (χ4v) is 5.65. The van der Waals surface area contributed by atoms with E-state index in [0.29, 0.717) is 35.8 Å². The highest BCUT2D eigenvalue weighted by atomic mass is 32.2. The van der Waals surface area contributed by atoms with Crippen molar-refractivity contribution in [2.75, 3.05) is 20.0 Å². The molecule has 0 aliphatic carbocycles. The lowest BCUT2D eigenvalue weighted by atomic mass is 10.1. The van der Waals surface area contributed by atoms with E-state index in [-0.39, 0.29) is 29.1 Å². The van der Waals surface area contributed by atoms with E-state index in [1.807, 2.05) is 60.7 Å². The van der Waals surface area contributed by atoms with Crippen LogP contribution in [0.25, 0.3) is 11.3 Å². The summed E-state index contributed by atoms with van der Waals surface area (Å²) in [6.07, 6.45) is -2.95. The molecule has 46 heavy (non-hydrogen) atoms. The Morgan fingerprint density at radius 1 is 0.826 bits per heavy atom. The Hall–Kier alpha value is -4.61. The van der Waals surface area contributed by atoms with Crippen molar-refractivity contribution in [3.8, 4) is 22.8 Å². The van der Waals surface area contributed by atoms with Gasteiger partial charge in [0, 0.05) is 23.6 Å². The number of nitrogens with zero attached hydrogens (tertiary/aromatic N) is 3. The van der Waals surface area contributed by atoms with Crippen LogP contribution in [0.2, 0.25) is 0 Å². The first kappa shape index (κ1) is 32.8.